The summed E-state index contributed by atoms with van der Waals surface area (Å²) in [5, 5.41) is 3.06. The molecule has 4 rings (SSSR count). The van der Waals surface area contributed by atoms with E-state index in [2.05, 4.69) is 5.32 Å². The highest BCUT2D eigenvalue weighted by atomic mass is 32.2. The van der Waals surface area contributed by atoms with Crippen molar-refractivity contribution >= 4 is 21.6 Å². The molecule has 0 aliphatic heterocycles. The number of nitrogens with zero attached hydrogens (tertiary/aromatic N) is 1. The van der Waals surface area contributed by atoms with Crippen molar-refractivity contribution in [2.75, 3.05) is 18.0 Å². The van der Waals surface area contributed by atoms with E-state index in [0.717, 1.165) is 26.6 Å². The first-order chi connectivity index (χ1) is 17.8. The predicted octanol–water partition coefficient (Wildman–Crippen LogP) is 5.41. The van der Waals surface area contributed by atoms with Crippen molar-refractivity contribution in [3.8, 4) is 5.75 Å². The molecular weight excluding hydrogens is 484 g/mol. The second-order valence-electron chi connectivity index (χ2n) is 8.82. The Morgan fingerprint density at radius 2 is 1.46 bits per heavy atom. The molecule has 1 amide bonds. The van der Waals surface area contributed by atoms with Crippen LogP contribution in [0.2, 0.25) is 0 Å². The first-order valence-corrected chi connectivity index (χ1v) is 13.4. The Balaban J connectivity index is 1.72. The van der Waals surface area contributed by atoms with Gasteiger partial charge in [-0.05, 0) is 49.2 Å². The number of nitrogens with one attached hydrogen (secondary N) is 1. The SMILES string of the molecule is COc1ccccc1N(CC(=O)NC(c1ccccc1)c1cccc(C)c1)S(=O)(=O)c1ccc(C)cc1. The normalized spacial score (nSPS) is 12.0. The van der Waals surface area contributed by atoms with Gasteiger partial charge in [0.15, 0.2) is 0 Å². The van der Waals surface area contributed by atoms with Crippen molar-refractivity contribution in [2.24, 2.45) is 0 Å². The Bertz CT molecular complexity index is 1470. The Hall–Kier alpha value is -4.10. The summed E-state index contributed by atoms with van der Waals surface area (Å²) >= 11 is 0. The molecule has 1 N–H and O–H groups in total. The number of hydrogen-bond acceptors (Lipinski definition) is 4. The van der Waals surface area contributed by atoms with Gasteiger partial charge in [-0.15, -0.1) is 0 Å². The fraction of sp³-hybridized carbons (Fsp3) is 0.167. The number of rotatable bonds is 9. The third-order valence-electron chi connectivity index (χ3n) is 6.06. The van der Waals surface area contributed by atoms with Crippen LogP contribution in [0.15, 0.2) is 108 Å². The molecule has 0 aromatic heterocycles. The summed E-state index contributed by atoms with van der Waals surface area (Å²) < 4.78 is 34.2. The minimum absolute atomic E-state index is 0.0927. The number of hydrogen-bond donors (Lipinski definition) is 1. The smallest absolute Gasteiger partial charge is 0.264 e. The van der Waals surface area contributed by atoms with Crippen LogP contribution in [0.1, 0.15) is 28.3 Å². The third-order valence-corrected chi connectivity index (χ3v) is 7.84. The van der Waals surface area contributed by atoms with Crippen LogP contribution in [0.4, 0.5) is 5.69 Å². The van der Waals surface area contributed by atoms with Gasteiger partial charge in [-0.1, -0.05) is 90.0 Å². The number of ether oxygens (including phenoxy) is 1. The summed E-state index contributed by atoms with van der Waals surface area (Å²) in [6.07, 6.45) is 0. The van der Waals surface area contributed by atoms with Gasteiger partial charge in [0.05, 0.1) is 23.7 Å². The summed E-state index contributed by atoms with van der Waals surface area (Å²) in [6, 6.07) is 30.4. The molecule has 0 heterocycles. The topological polar surface area (TPSA) is 75.7 Å². The standard InChI is InChI=1S/C30H30N2O4S/c1-22-16-18-26(19-17-22)37(34,35)32(27-14-7-8-15-28(27)36-3)21-29(33)31-30(24-11-5-4-6-12-24)25-13-9-10-23(2)20-25/h4-20,30H,21H2,1-3H3,(H,31,33). The van der Waals surface area contributed by atoms with E-state index >= 15 is 0 Å². The van der Waals surface area contributed by atoms with Gasteiger partial charge in [0.1, 0.15) is 12.3 Å². The lowest BCUT2D eigenvalue weighted by Crippen LogP contribution is -2.42. The van der Waals surface area contributed by atoms with Gasteiger partial charge >= 0.3 is 0 Å². The Morgan fingerprint density at radius 1 is 0.811 bits per heavy atom. The van der Waals surface area contributed by atoms with Gasteiger partial charge in [0, 0.05) is 0 Å². The van der Waals surface area contributed by atoms with Gasteiger partial charge in [0.2, 0.25) is 5.91 Å². The van der Waals surface area contributed by atoms with Gasteiger partial charge in [0.25, 0.3) is 10.0 Å². The summed E-state index contributed by atoms with van der Waals surface area (Å²) in [7, 11) is -2.61. The van der Waals surface area contributed by atoms with E-state index in [1.807, 2.05) is 68.4 Å². The van der Waals surface area contributed by atoms with E-state index in [0.29, 0.717) is 5.75 Å². The lowest BCUT2D eigenvalue weighted by molar-refractivity contribution is -0.120. The maximum Gasteiger partial charge on any atom is 0.264 e. The molecule has 0 radical (unpaired) electrons. The molecule has 1 unspecified atom stereocenters. The van der Waals surface area contributed by atoms with Gasteiger partial charge in [-0.2, -0.15) is 0 Å². The molecular formula is C30H30N2O4S. The molecule has 0 saturated heterocycles. The van der Waals surface area contributed by atoms with Crippen LogP contribution in [0, 0.1) is 13.8 Å². The molecule has 0 saturated carbocycles. The van der Waals surface area contributed by atoms with Gasteiger partial charge in [-0.25, -0.2) is 8.42 Å². The first-order valence-electron chi connectivity index (χ1n) is 11.9. The summed E-state index contributed by atoms with van der Waals surface area (Å²) in [4.78, 5) is 13.6. The Labute approximate surface area is 218 Å². The first kappa shape index (κ1) is 26.0. The van der Waals surface area contributed by atoms with E-state index in [-0.39, 0.29) is 10.6 Å². The Kier molecular flexibility index (Phi) is 7.94. The maximum absolute atomic E-state index is 13.8. The zero-order chi connectivity index (χ0) is 26.4. The molecule has 190 valence electrons. The monoisotopic (exact) mass is 514 g/mol. The van der Waals surface area contributed by atoms with Crippen molar-refractivity contribution in [3.05, 3.63) is 125 Å². The molecule has 6 nitrogen and oxygen atoms in total. The van der Waals surface area contributed by atoms with Crippen LogP contribution < -0.4 is 14.4 Å². The maximum atomic E-state index is 13.8. The van der Waals surface area contributed by atoms with Crippen molar-refractivity contribution in [3.63, 3.8) is 0 Å². The quantitative estimate of drug-likeness (QED) is 0.324. The lowest BCUT2D eigenvalue weighted by atomic mass is 9.97. The van der Waals surface area contributed by atoms with E-state index in [1.165, 1.54) is 7.11 Å². The highest BCUT2D eigenvalue weighted by molar-refractivity contribution is 7.92. The second kappa shape index (κ2) is 11.3. The fourth-order valence-corrected chi connectivity index (χ4v) is 5.60. The predicted molar refractivity (Wildman–Crippen MR) is 146 cm³/mol. The van der Waals surface area contributed by atoms with Crippen LogP contribution in [0.3, 0.4) is 0 Å². The molecule has 1 atom stereocenters. The minimum Gasteiger partial charge on any atom is -0.495 e. The number of aryl methyl sites for hydroxylation is 2. The van der Waals surface area contributed by atoms with E-state index < -0.39 is 28.5 Å². The van der Waals surface area contributed by atoms with Crippen molar-refractivity contribution in [2.45, 2.75) is 24.8 Å². The fourth-order valence-electron chi connectivity index (χ4n) is 4.16. The van der Waals surface area contributed by atoms with Crippen molar-refractivity contribution in [1.82, 2.24) is 5.32 Å². The number of para-hydroxylation sites is 2. The largest absolute Gasteiger partial charge is 0.495 e. The molecule has 0 aliphatic carbocycles. The summed E-state index contributed by atoms with van der Waals surface area (Å²) in [6.45, 7) is 3.45. The highest BCUT2D eigenvalue weighted by Gasteiger charge is 2.30. The number of benzene rings is 4. The van der Waals surface area contributed by atoms with Crippen LogP contribution in [-0.2, 0) is 14.8 Å². The van der Waals surface area contributed by atoms with E-state index in [4.69, 9.17) is 4.74 Å². The molecule has 0 bridgehead atoms. The number of anilines is 1. The molecule has 7 heteroatoms. The number of carbonyl (C=O) groups is 1. The highest BCUT2D eigenvalue weighted by Crippen LogP contribution is 2.32. The average Bonchev–Trinajstić information content (AvgIpc) is 2.91. The van der Waals surface area contributed by atoms with Crippen molar-refractivity contribution < 1.29 is 17.9 Å². The molecule has 37 heavy (non-hydrogen) atoms. The number of sulfonamides is 1. The van der Waals surface area contributed by atoms with Crippen LogP contribution >= 0.6 is 0 Å². The Morgan fingerprint density at radius 3 is 2.14 bits per heavy atom. The zero-order valence-electron chi connectivity index (χ0n) is 21.1. The van der Waals surface area contributed by atoms with Gasteiger partial charge < -0.3 is 10.1 Å². The minimum atomic E-state index is -4.08. The van der Waals surface area contributed by atoms with Gasteiger partial charge in [-0.3, -0.25) is 9.10 Å². The molecule has 0 fully saturated rings. The third kappa shape index (κ3) is 6.01. The van der Waals surface area contributed by atoms with Crippen LogP contribution in [0.5, 0.6) is 5.75 Å². The van der Waals surface area contributed by atoms with E-state index in [9.17, 15) is 13.2 Å². The number of amides is 1. The lowest BCUT2D eigenvalue weighted by Gasteiger charge is -2.27. The summed E-state index contributed by atoms with van der Waals surface area (Å²) in [5.74, 6) is -0.0961. The number of carbonyl (C=O) groups excluding carboxylic acids is 1. The molecule has 0 aliphatic rings. The summed E-state index contributed by atoms with van der Waals surface area (Å²) in [5.41, 5.74) is 4.08. The van der Waals surface area contributed by atoms with Crippen LogP contribution in [-0.4, -0.2) is 28.0 Å². The second-order valence-corrected chi connectivity index (χ2v) is 10.7. The average molecular weight is 515 g/mol. The van der Waals surface area contributed by atoms with Crippen LogP contribution in [0.25, 0.3) is 0 Å². The molecule has 0 spiro atoms. The molecule has 4 aromatic rings. The molecule has 4 aromatic carbocycles. The number of methoxy groups -OCH3 is 1. The van der Waals surface area contributed by atoms with E-state index in [1.54, 1.807) is 48.5 Å². The zero-order valence-corrected chi connectivity index (χ0v) is 21.9. The van der Waals surface area contributed by atoms with Crippen molar-refractivity contribution in [1.29, 1.82) is 0 Å².